The van der Waals surface area contributed by atoms with Crippen molar-refractivity contribution in [3.63, 3.8) is 0 Å². The number of likely N-dealkylation sites (tertiary alicyclic amines) is 1. The first-order valence-corrected chi connectivity index (χ1v) is 8.45. The number of esters is 1. The van der Waals surface area contributed by atoms with E-state index >= 15 is 0 Å². The van der Waals surface area contributed by atoms with E-state index in [-0.39, 0.29) is 23.7 Å². The molecule has 1 amide bonds. The minimum atomic E-state index is -0.247. The highest BCUT2D eigenvalue weighted by Crippen LogP contribution is 2.36. The summed E-state index contributed by atoms with van der Waals surface area (Å²) in [5, 5.41) is 4.23. The summed E-state index contributed by atoms with van der Waals surface area (Å²) in [7, 11) is 3.33. The molecule has 1 aromatic rings. The highest BCUT2D eigenvalue weighted by atomic mass is 16.5. The van der Waals surface area contributed by atoms with Gasteiger partial charge in [-0.2, -0.15) is 5.10 Å². The first-order valence-electron chi connectivity index (χ1n) is 8.45. The topological polar surface area (TPSA) is 64.4 Å². The van der Waals surface area contributed by atoms with Crippen LogP contribution in [-0.2, 0) is 21.4 Å². The number of amides is 1. The van der Waals surface area contributed by atoms with Gasteiger partial charge in [-0.1, -0.05) is 6.42 Å². The first-order chi connectivity index (χ1) is 11.1. The minimum absolute atomic E-state index is 0.141. The standard InChI is InChI=1S/C17H25N3O3/c1-19-11-13(10-18-19)12-6-8-20(9-7-12)16(21)14-4-3-5-15(14)17(22)23-2/h10-12,14-15H,3-9H2,1-2H3/t14-,15+/m1/s1. The van der Waals surface area contributed by atoms with E-state index in [0.717, 1.165) is 45.2 Å². The van der Waals surface area contributed by atoms with Crippen LogP contribution in [-0.4, -0.2) is 46.8 Å². The molecule has 1 saturated heterocycles. The zero-order valence-corrected chi connectivity index (χ0v) is 13.9. The van der Waals surface area contributed by atoms with Crippen LogP contribution < -0.4 is 0 Å². The molecule has 0 radical (unpaired) electrons. The third kappa shape index (κ3) is 3.26. The summed E-state index contributed by atoms with van der Waals surface area (Å²) in [5.41, 5.74) is 1.26. The van der Waals surface area contributed by atoms with Crippen LogP contribution in [0.15, 0.2) is 12.4 Å². The second-order valence-electron chi connectivity index (χ2n) is 6.71. The third-order valence-electron chi connectivity index (χ3n) is 5.34. The van der Waals surface area contributed by atoms with E-state index in [1.807, 2.05) is 22.8 Å². The minimum Gasteiger partial charge on any atom is -0.469 e. The van der Waals surface area contributed by atoms with Crippen LogP contribution in [0.4, 0.5) is 0 Å². The number of rotatable bonds is 3. The predicted molar refractivity (Wildman–Crippen MR) is 84.6 cm³/mol. The van der Waals surface area contributed by atoms with Gasteiger partial charge in [0.1, 0.15) is 0 Å². The zero-order chi connectivity index (χ0) is 16.4. The van der Waals surface area contributed by atoms with Crippen LogP contribution >= 0.6 is 0 Å². The molecule has 126 valence electrons. The summed E-state index contributed by atoms with van der Waals surface area (Å²) in [6.45, 7) is 1.53. The molecule has 1 saturated carbocycles. The summed E-state index contributed by atoms with van der Waals surface area (Å²) >= 11 is 0. The fraction of sp³-hybridized carbons (Fsp3) is 0.706. The van der Waals surface area contributed by atoms with Crippen molar-refractivity contribution in [1.82, 2.24) is 14.7 Å². The fourth-order valence-electron chi connectivity index (χ4n) is 4.01. The molecule has 2 heterocycles. The number of piperidine rings is 1. The van der Waals surface area contributed by atoms with Crippen molar-refractivity contribution in [3.05, 3.63) is 18.0 Å². The maximum absolute atomic E-state index is 12.8. The summed E-state index contributed by atoms with van der Waals surface area (Å²) in [4.78, 5) is 26.6. The summed E-state index contributed by atoms with van der Waals surface area (Å²) < 4.78 is 6.69. The molecule has 6 nitrogen and oxygen atoms in total. The van der Waals surface area contributed by atoms with Gasteiger partial charge in [0.25, 0.3) is 0 Å². The summed E-state index contributed by atoms with van der Waals surface area (Å²) in [5.74, 6) is -0.0395. The zero-order valence-electron chi connectivity index (χ0n) is 13.9. The van der Waals surface area contributed by atoms with Crippen LogP contribution in [0.1, 0.15) is 43.6 Å². The van der Waals surface area contributed by atoms with Gasteiger partial charge < -0.3 is 9.64 Å². The number of aromatic nitrogens is 2. The lowest BCUT2D eigenvalue weighted by Gasteiger charge is -2.34. The monoisotopic (exact) mass is 319 g/mol. The van der Waals surface area contributed by atoms with Crippen LogP contribution in [0.3, 0.4) is 0 Å². The first kappa shape index (κ1) is 16.0. The Kier molecular flexibility index (Phi) is 4.68. The second kappa shape index (κ2) is 6.72. The maximum atomic E-state index is 12.8. The van der Waals surface area contributed by atoms with Gasteiger partial charge >= 0.3 is 5.97 Å². The molecule has 2 aliphatic rings. The molecule has 1 aliphatic carbocycles. The molecule has 1 aromatic heterocycles. The van der Waals surface area contributed by atoms with E-state index in [0.29, 0.717) is 5.92 Å². The van der Waals surface area contributed by atoms with E-state index in [1.165, 1.54) is 12.7 Å². The van der Waals surface area contributed by atoms with Gasteiger partial charge in [-0.05, 0) is 37.2 Å². The van der Waals surface area contributed by atoms with Gasteiger partial charge in [-0.15, -0.1) is 0 Å². The Labute approximate surface area is 136 Å². The smallest absolute Gasteiger partial charge is 0.309 e. The Morgan fingerprint density at radius 3 is 2.48 bits per heavy atom. The molecular formula is C17H25N3O3. The van der Waals surface area contributed by atoms with E-state index < -0.39 is 0 Å². The van der Waals surface area contributed by atoms with Gasteiger partial charge in [0.05, 0.1) is 25.1 Å². The maximum Gasteiger partial charge on any atom is 0.309 e. The third-order valence-corrected chi connectivity index (χ3v) is 5.34. The number of aryl methyl sites for hydroxylation is 1. The lowest BCUT2D eigenvalue weighted by Crippen LogP contribution is -2.43. The summed E-state index contributed by atoms with van der Waals surface area (Å²) in [6.07, 6.45) is 8.43. The normalized spacial score (nSPS) is 25.6. The van der Waals surface area contributed by atoms with Crippen molar-refractivity contribution in [1.29, 1.82) is 0 Å². The molecule has 2 atom stereocenters. The van der Waals surface area contributed by atoms with Crippen LogP contribution in [0, 0.1) is 11.8 Å². The number of hydrogen-bond donors (Lipinski definition) is 0. The van der Waals surface area contributed by atoms with Crippen LogP contribution in [0.2, 0.25) is 0 Å². The lowest BCUT2D eigenvalue weighted by atomic mass is 9.89. The Morgan fingerprint density at radius 1 is 1.17 bits per heavy atom. The number of methoxy groups -OCH3 is 1. The van der Waals surface area contributed by atoms with Gasteiger partial charge in [0.2, 0.25) is 5.91 Å². The van der Waals surface area contributed by atoms with Crippen molar-refractivity contribution in [3.8, 4) is 0 Å². The molecule has 3 rings (SSSR count). The van der Waals surface area contributed by atoms with Crippen molar-refractivity contribution < 1.29 is 14.3 Å². The van der Waals surface area contributed by atoms with E-state index in [9.17, 15) is 9.59 Å². The Balaban J connectivity index is 1.58. The molecule has 0 N–H and O–H groups in total. The molecule has 0 aromatic carbocycles. The molecule has 2 fully saturated rings. The lowest BCUT2D eigenvalue weighted by molar-refractivity contribution is -0.152. The highest BCUT2D eigenvalue weighted by molar-refractivity contribution is 5.86. The van der Waals surface area contributed by atoms with Gasteiger partial charge in [-0.25, -0.2) is 0 Å². The molecule has 1 aliphatic heterocycles. The van der Waals surface area contributed by atoms with Gasteiger partial charge in [-0.3, -0.25) is 14.3 Å². The number of carbonyl (C=O) groups is 2. The van der Waals surface area contributed by atoms with Crippen LogP contribution in [0.5, 0.6) is 0 Å². The average Bonchev–Trinajstić information content (AvgIpc) is 3.22. The molecule has 0 spiro atoms. The number of nitrogens with zero attached hydrogens (tertiary/aromatic N) is 3. The second-order valence-corrected chi connectivity index (χ2v) is 6.71. The molecule has 23 heavy (non-hydrogen) atoms. The number of carbonyl (C=O) groups excluding carboxylic acids is 2. The number of ether oxygens (including phenoxy) is 1. The van der Waals surface area contributed by atoms with E-state index in [2.05, 4.69) is 11.3 Å². The SMILES string of the molecule is COC(=O)[C@H]1CCC[C@H]1C(=O)N1CCC(c2cnn(C)c2)CC1. The Hall–Kier alpha value is -1.85. The molecule has 0 unspecified atom stereocenters. The van der Waals surface area contributed by atoms with Crippen molar-refractivity contribution >= 4 is 11.9 Å². The molecule has 6 heteroatoms. The van der Waals surface area contributed by atoms with Gasteiger partial charge in [0, 0.05) is 26.3 Å². The Bertz CT molecular complexity index is 575. The largest absolute Gasteiger partial charge is 0.469 e. The van der Waals surface area contributed by atoms with Crippen molar-refractivity contribution in [2.75, 3.05) is 20.2 Å². The van der Waals surface area contributed by atoms with E-state index in [4.69, 9.17) is 4.74 Å². The fourth-order valence-corrected chi connectivity index (χ4v) is 4.01. The van der Waals surface area contributed by atoms with Crippen molar-refractivity contribution in [2.45, 2.75) is 38.0 Å². The summed E-state index contributed by atoms with van der Waals surface area (Å²) in [6, 6.07) is 0. The van der Waals surface area contributed by atoms with Crippen molar-refractivity contribution in [2.24, 2.45) is 18.9 Å². The highest BCUT2D eigenvalue weighted by Gasteiger charge is 2.41. The number of hydrogen-bond acceptors (Lipinski definition) is 4. The van der Waals surface area contributed by atoms with E-state index in [1.54, 1.807) is 0 Å². The quantitative estimate of drug-likeness (QED) is 0.796. The van der Waals surface area contributed by atoms with Gasteiger partial charge in [0.15, 0.2) is 0 Å². The Morgan fingerprint density at radius 2 is 1.87 bits per heavy atom. The molecular weight excluding hydrogens is 294 g/mol. The predicted octanol–water partition coefficient (Wildman–Crippen LogP) is 1.72. The van der Waals surface area contributed by atoms with Crippen LogP contribution in [0.25, 0.3) is 0 Å². The molecule has 0 bridgehead atoms. The average molecular weight is 319 g/mol.